The molecule has 2 N–H and O–H groups in total. The number of rotatable bonds is 4. The summed E-state index contributed by atoms with van der Waals surface area (Å²) in [6.07, 6.45) is 1.50. The van der Waals surface area contributed by atoms with Crippen molar-refractivity contribution in [1.29, 1.82) is 0 Å². The van der Waals surface area contributed by atoms with Crippen molar-refractivity contribution < 1.29 is 9.53 Å². The van der Waals surface area contributed by atoms with Crippen LogP contribution < -0.4 is 15.4 Å². The highest BCUT2D eigenvalue weighted by atomic mass is 79.9. The third kappa shape index (κ3) is 3.46. The van der Waals surface area contributed by atoms with Crippen LogP contribution in [0, 0.1) is 0 Å². The lowest BCUT2D eigenvalue weighted by Gasteiger charge is -2.24. The van der Waals surface area contributed by atoms with Crippen LogP contribution in [0.4, 0.5) is 0 Å². The van der Waals surface area contributed by atoms with Crippen LogP contribution >= 0.6 is 15.9 Å². The molecule has 1 atom stereocenters. The Balaban J connectivity index is 1.91. The normalized spacial score (nSPS) is 19.4. The number of hydrogen-bond donors (Lipinski definition) is 2. The molecular weight excluding hydrogens is 296 g/mol. The van der Waals surface area contributed by atoms with Gasteiger partial charge in [-0.25, -0.2) is 0 Å². The van der Waals surface area contributed by atoms with E-state index in [1.165, 1.54) is 0 Å². The Labute approximate surface area is 115 Å². The average Bonchev–Trinajstić information content (AvgIpc) is 2.39. The first-order valence-electron chi connectivity index (χ1n) is 6.01. The van der Waals surface area contributed by atoms with Crippen LogP contribution in [0.3, 0.4) is 0 Å². The van der Waals surface area contributed by atoms with Crippen molar-refractivity contribution in [2.75, 3.05) is 13.7 Å². The van der Waals surface area contributed by atoms with Gasteiger partial charge in [0.05, 0.1) is 7.11 Å². The van der Waals surface area contributed by atoms with Crippen LogP contribution in [0.5, 0.6) is 5.75 Å². The van der Waals surface area contributed by atoms with Gasteiger partial charge in [-0.2, -0.15) is 0 Å². The standard InChI is InChI=1S/C13H17BrN2O2/c1-18-12-6-10(14)3-2-9(12)7-15-11-4-5-13(17)16-8-11/h2-3,6,11,15H,4-5,7-8H2,1H3,(H,16,17). The number of amides is 1. The Morgan fingerprint density at radius 1 is 1.56 bits per heavy atom. The van der Waals surface area contributed by atoms with Crippen LogP contribution in [0.25, 0.3) is 0 Å². The topological polar surface area (TPSA) is 50.4 Å². The van der Waals surface area contributed by atoms with E-state index in [2.05, 4.69) is 26.6 Å². The summed E-state index contributed by atoms with van der Waals surface area (Å²) in [6, 6.07) is 6.34. The number of hydrogen-bond acceptors (Lipinski definition) is 3. The summed E-state index contributed by atoms with van der Waals surface area (Å²) < 4.78 is 6.35. The van der Waals surface area contributed by atoms with Crippen molar-refractivity contribution in [3.8, 4) is 5.75 Å². The third-order valence-electron chi connectivity index (χ3n) is 3.10. The van der Waals surface area contributed by atoms with E-state index in [0.717, 1.165) is 28.8 Å². The number of piperidine rings is 1. The van der Waals surface area contributed by atoms with Gasteiger partial charge in [-0.3, -0.25) is 4.79 Å². The largest absolute Gasteiger partial charge is 0.496 e. The van der Waals surface area contributed by atoms with E-state index in [1.54, 1.807) is 7.11 Å². The molecule has 1 aliphatic heterocycles. The highest BCUT2D eigenvalue weighted by molar-refractivity contribution is 9.10. The Kier molecular flexibility index (Phi) is 4.60. The van der Waals surface area contributed by atoms with E-state index in [0.29, 0.717) is 19.0 Å². The summed E-state index contributed by atoms with van der Waals surface area (Å²) >= 11 is 3.42. The van der Waals surface area contributed by atoms with Gasteiger partial charge in [-0.15, -0.1) is 0 Å². The molecule has 0 spiro atoms. The molecule has 1 aliphatic rings. The van der Waals surface area contributed by atoms with Crippen LogP contribution in [-0.4, -0.2) is 25.6 Å². The van der Waals surface area contributed by atoms with Crippen LogP contribution in [-0.2, 0) is 11.3 Å². The molecular formula is C13H17BrN2O2. The van der Waals surface area contributed by atoms with E-state index >= 15 is 0 Å². The number of carbonyl (C=O) groups excluding carboxylic acids is 1. The number of halogens is 1. The monoisotopic (exact) mass is 312 g/mol. The van der Waals surface area contributed by atoms with Gasteiger partial charge in [0.15, 0.2) is 0 Å². The van der Waals surface area contributed by atoms with E-state index in [-0.39, 0.29) is 5.91 Å². The number of carbonyl (C=O) groups is 1. The van der Waals surface area contributed by atoms with Gasteiger partial charge >= 0.3 is 0 Å². The van der Waals surface area contributed by atoms with Gasteiger partial charge in [0, 0.05) is 35.6 Å². The molecule has 1 unspecified atom stereocenters. The molecule has 4 nitrogen and oxygen atoms in total. The van der Waals surface area contributed by atoms with E-state index in [4.69, 9.17) is 4.74 Å². The first kappa shape index (κ1) is 13.4. The highest BCUT2D eigenvalue weighted by Gasteiger charge is 2.17. The number of nitrogens with one attached hydrogen (secondary N) is 2. The minimum absolute atomic E-state index is 0.147. The van der Waals surface area contributed by atoms with Gasteiger partial charge in [-0.05, 0) is 18.6 Å². The Bertz CT molecular complexity index is 427. The van der Waals surface area contributed by atoms with Crippen LogP contribution in [0.2, 0.25) is 0 Å². The van der Waals surface area contributed by atoms with Crippen molar-refractivity contribution in [1.82, 2.24) is 10.6 Å². The Morgan fingerprint density at radius 3 is 3.06 bits per heavy atom. The molecule has 0 aliphatic carbocycles. The molecule has 1 heterocycles. The van der Waals surface area contributed by atoms with E-state index < -0.39 is 0 Å². The predicted octanol–water partition coefficient (Wildman–Crippen LogP) is 1.83. The molecule has 98 valence electrons. The fourth-order valence-corrected chi connectivity index (χ4v) is 2.37. The summed E-state index contributed by atoms with van der Waals surface area (Å²) in [4.78, 5) is 11.1. The quantitative estimate of drug-likeness (QED) is 0.891. The lowest BCUT2D eigenvalue weighted by Crippen LogP contribution is -2.45. The fraction of sp³-hybridized carbons (Fsp3) is 0.462. The molecule has 0 aromatic heterocycles. The molecule has 1 saturated heterocycles. The van der Waals surface area contributed by atoms with Crippen molar-refractivity contribution in [3.05, 3.63) is 28.2 Å². The summed E-state index contributed by atoms with van der Waals surface area (Å²) in [5.41, 5.74) is 1.12. The fourth-order valence-electron chi connectivity index (χ4n) is 2.03. The SMILES string of the molecule is COc1cc(Br)ccc1CNC1CCC(=O)NC1. The van der Waals surface area contributed by atoms with E-state index in [1.807, 2.05) is 18.2 Å². The summed E-state index contributed by atoms with van der Waals surface area (Å²) in [5.74, 6) is 1.02. The van der Waals surface area contributed by atoms with Gasteiger partial charge in [0.25, 0.3) is 0 Å². The van der Waals surface area contributed by atoms with Crippen molar-refractivity contribution in [3.63, 3.8) is 0 Å². The van der Waals surface area contributed by atoms with Gasteiger partial charge in [0.2, 0.25) is 5.91 Å². The van der Waals surface area contributed by atoms with Crippen molar-refractivity contribution in [2.45, 2.75) is 25.4 Å². The zero-order chi connectivity index (χ0) is 13.0. The average molecular weight is 313 g/mol. The molecule has 0 bridgehead atoms. The van der Waals surface area contributed by atoms with Gasteiger partial charge in [0.1, 0.15) is 5.75 Å². The van der Waals surface area contributed by atoms with Crippen LogP contribution in [0.15, 0.2) is 22.7 Å². The lowest BCUT2D eigenvalue weighted by atomic mass is 10.1. The van der Waals surface area contributed by atoms with Crippen molar-refractivity contribution in [2.24, 2.45) is 0 Å². The zero-order valence-corrected chi connectivity index (χ0v) is 11.9. The molecule has 1 aromatic carbocycles. The van der Waals surface area contributed by atoms with Crippen molar-refractivity contribution >= 4 is 21.8 Å². The third-order valence-corrected chi connectivity index (χ3v) is 3.59. The lowest BCUT2D eigenvalue weighted by molar-refractivity contribution is -0.122. The summed E-state index contributed by atoms with van der Waals surface area (Å²) in [7, 11) is 1.67. The molecule has 0 radical (unpaired) electrons. The summed E-state index contributed by atoms with van der Waals surface area (Å²) in [6.45, 7) is 1.45. The van der Waals surface area contributed by atoms with Gasteiger partial charge < -0.3 is 15.4 Å². The number of benzene rings is 1. The molecule has 2 rings (SSSR count). The number of ether oxygens (including phenoxy) is 1. The molecule has 1 aromatic rings. The second kappa shape index (κ2) is 6.20. The zero-order valence-electron chi connectivity index (χ0n) is 10.3. The van der Waals surface area contributed by atoms with Crippen LogP contribution in [0.1, 0.15) is 18.4 Å². The minimum Gasteiger partial charge on any atom is -0.496 e. The maximum absolute atomic E-state index is 11.1. The maximum Gasteiger partial charge on any atom is 0.220 e. The molecule has 1 fully saturated rings. The first-order valence-corrected chi connectivity index (χ1v) is 6.81. The second-order valence-electron chi connectivity index (χ2n) is 4.38. The molecule has 0 saturated carbocycles. The summed E-state index contributed by atoms with van der Waals surface area (Å²) in [5, 5.41) is 6.31. The maximum atomic E-state index is 11.1. The minimum atomic E-state index is 0.147. The molecule has 1 amide bonds. The van der Waals surface area contributed by atoms with Gasteiger partial charge in [-0.1, -0.05) is 22.0 Å². The Morgan fingerprint density at radius 2 is 2.39 bits per heavy atom. The molecule has 5 heteroatoms. The Hall–Kier alpha value is -1.07. The molecule has 18 heavy (non-hydrogen) atoms. The highest BCUT2D eigenvalue weighted by Crippen LogP contribution is 2.23. The first-order chi connectivity index (χ1) is 8.69. The van der Waals surface area contributed by atoms with E-state index in [9.17, 15) is 4.79 Å². The smallest absolute Gasteiger partial charge is 0.220 e. The predicted molar refractivity (Wildman–Crippen MR) is 73.6 cm³/mol. The number of methoxy groups -OCH3 is 1. The second-order valence-corrected chi connectivity index (χ2v) is 5.29.